The highest BCUT2D eigenvalue weighted by Gasteiger charge is 2.22. The van der Waals surface area contributed by atoms with E-state index in [0.29, 0.717) is 0 Å². The van der Waals surface area contributed by atoms with Gasteiger partial charge in [-0.1, -0.05) is 18.2 Å². The van der Waals surface area contributed by atoms with Gasteiger partial charge in [0.15, 0.2) is 11.5 Å². The van der Waals surface area contributed by atoms with Gasteiger partial charge in [0, 0.05) is 11.3 Å². The highest BCUT2D eigenvalue weighted by Crippen LogP contribution is 2.35. The van der Waals surface area contributed by atoms with Crippen LogP contribution in [0.5, 0.6) is 11.5 Å². The molecule has 34 heavy (non-hydrogen) atoms. The van der Waals surface area contributed by atoms with Crippen molar-refractivity contribution in [3.05, 3.63) is 99.5 Å². The molecule has 0 unspecified atom stereocenters. The molecular formula is C24H20FN3O6. The predicted octanol–water partition coefficient (Wildman–Crippen LogP) is 4.16. The molecule has 2 amide bonds. The molecule has 0 saturated carbocycles. The summed E-state index contributed by atoms with van der Waals surface area (Å²) < 4.78 is 23.5. The van der Waals surface area contributed by atoms with Crippen LogP contribution in [0.1, 0.15) is 15.9 Å². The molecule has 0 atom stereocenters. The number of nitro groups is 1. The largest absolute Gasteiger partial charge is 0.493 e. The summed E-state index contributed by atoms with van der Waals surface area (Å²) in [5.74, 6) is -1.57. The third-order valence-electron chi connectivity index (χ3n) is 4.66. The third kappa shape index (κ3) is 5.74. The summed E-state index contributed by atoms with van der Waals surface area (Å²) in [6.45, 7) is 0. The number of methoxy groups -OCH3 is 2. The molecule has 3 aromatic rings. The average molecular weight is 465 g/mol. The van der Waals surface area contributed by atoms with Gasteiger partial charge in [-0.3, -0.25) is 19.7 Å². The van der Waals surface area contributed by atoms with Gasteiger partial charge in [-0.2, -0.15) is 0 Å². The maximum absolute atomic E-state index is 13.2. The van der Waals surface area contributed by atoms with E-state index < -0.39 is 22.6 Å². The summed E-state index contributed by atoms with van der Waals surface area (Å²) in [6, 6.07) is 15.6. The highest BCUT2D eigenvalue weighted by atomic mass is 19.1. The van der Waals surface area contributed by atoms with Crippen LogP contribution in [0, 0.1) is 15.9 Å². The van der Waals surface area contributed by atoms with Crippen LogP contribution in [0.3, 0.4) is 0 Å². The van der Waals surface area contributed by atoms with Gasteiger partial charge in [-0.15, -0.1) is 0 Å². The number of hydrogen-bond donors (Lipinski definition) is 2. The van der Waals surface area contributed by atoms with Crippen LogP contribution in [-0.2, 0) is 4.79 Å². The van der Waals surface area contributed by atoms with Crippen molar-refractivity contribution in [1.29, 1.82) is 0 Å². The summed E-state index contributed by atoms with van der Waals surface area (Å²) in [7, 11) is 2.69. The fourth-order valence-corrected chi connectivity index (χ4v) is 2.99. The molecule has 174 valence electrons. The Balaban J connectivity index is 2.06. The Kier molecular flexibility index (Phi) is 7.55. The first kappa shape index (κ1) is 23.9. The van der Waals surface area contributed by atoms with Crippen LogP contribution in [0.25, 0.3) is 6.08 Å². The molecule has 0 aromatic heterocycles. The lowest BCUT2D eigenvalue weighted by Crippen LogP contribution is -2.30. The minimum Gasteiger partial charge on any atom is -0.493 e. The second kappa shape index (κ2) is 10.7. The summed E-state index contributed by atoms with van der Waals surface area (Å²) in [5.41, 5.74) is -0.148. The fourth-order valence-electron chi connectivity index (χ4n) is 2.99. The Morgan fingerprint density at radius 1 is 0.971 bits per heavy atom. The number of ether oxygens (including phenoxy) is 2. The van der Waals surface area contributed by atoms with Crippen molar-refractivity contribution in [2.24, 2.45) is 0 Å². The number of amides is 2. The lowest BCUT2D eigenvalue weighted by molar-refractivity contribution is -0.385. The maximum Gasteiger partial charge on any atom is 0.280 e. The molecule has 10 heteroatoms. The van der Waals surface area contributed by atoms with Crippen molar-refractivity contribution >= 4 is 29.3 Å². The molecule has 0 fully saturated rings. The first-order valence-corrected chi connectivity index (χ1v) is 9.87. The van der Waals surface area contributed by atoms with E-state index in [0.717, 1.165) is 24.3 Å². The second-order valence-corrected chi connectivity index (χ2v) is 6.86. The van der Waals surface area contributed by atoms with E-state index in [2.05, 4.69) is 10.6 Å². The van der Waals surface area contributed by atoms with Gasteiger partial charge in [0.25, 0.3) is 17.5 Å². The topological polar surface area (TPSA) is 120 Å². The normalized spacial score (nSPS) is 10.9. The number of nitrogens with zero attached hydrogens (tertiary/aromatic N) is 1. The molecule has 3 rings (SSSR count). The van der Waals surface area contributed by atoms with E-state index >= 15 is 0 Å². The van der Waals surface area contributed by atoms with E-state index in [4.69, 9.17) is 9.47 Å². The number of carbonyl (C=O) groups excluding carboxylic acids is 2. The van der Waals surface area contributed by atoms with Crippen molar-refractivity contribution in [2.75, 3.05) is 19.5 Å². The van der Waals surface area contributed by atoms with E-state index in [-0.39, 0.29) is 39.7 Å². The lowest BCUT2D eigenvalue weighted by Gasteiger charge is -2.13. The standard InChI is InChI=1S/C24H20FN3O6/c1-33-21-13-16(20(28(31)32)14-22(21)34-2)12-19(27-23(29)15-6-4-3-5-7-15)24(30)26-18-10-8-17(25)9-11-18/h3-14H,1-2H3,(H,26,30)(H,27,29). The van der Waals surface area contributed by atoms with Gasteiger partial charge in [0.2, 0.25) is 0 Å². The second-order valence-electron chi connectivity index (χ2n) is 6.86. The minimum atomic E-state index is -0.778. The number of halogens is 1. The summed E-state index contributed by atoms with van der Waals surface area (Å²) in [6.07, 6.45) is 1.15. The van der Waals surface area contributed by atoms with Crippen LogP contribution in [0.2, 0.25) is 0 Å². The van der Waals surface area contributed by atoms with Gasteiger partial charge in [0.1, 0.15) is 11.5 Å². The number of benzene rings is 3. The molecule has 0 spiro atoms. The van der Waals surface area contributed by atoms with E-state index in [1.54, 1.807) is 30.3 Å². The molecule has 0 aliphatic rings. The van der Waals surface area contributed by atoms with Crippen LogP contribution >= 0.6 is 0 Å². The monoisotopic (exact) mass is 465 g/mol. The molecule has 0 saturated heterocycles. The van der Waals surface area contributed by atoms with Gasteiger partial charge in [-0.05, 0) is 48.5 Å². The van der Waals surface area contributed by atoms with Gasteiger partial charge in [-0.25, -0.2) is 4.39 Å². The van der Waals surface area contributed by atoms with Crippen molar-refractivity contribution in [3.63, 3.8) is 0 Å². The first-order valence-electron chi connectivity index (χ1n) is 9.87. The minimum absolute atomic E-state index is 0.0136. The molecule has 0 heterocycles. The third-order valence-corrected chi connectivity index (χ3v) is 4.66. The molecule has 0 bridgehead atoms. The number of hydrogen-bond acceptors (Lipinski definition) is 6. The van der Waals surface area contributed by atoms with E-state index in [1.807, 2.05) is 0 Å². The predicted molar refractivity (Wildman–Crippen MR) is 123 cm³/mol. The number of rotatable bonds is 8. The average Bonchev–Trinajstić information content (AvgIpc) is 2.84. The molecule has 0 aliphatic heterocycles. The smallest absolute Gasteiger partial charge is 0.280 e. The van der Waals surface area contributed by atoms with Gasteiger partial charge in [0.05, 0.1) is 30.8 Å². The van der Waals surface area contributed by atoms with Crippen LogP contribution in [-0.4, -0.2) is 31.0 Å². The molecular weight excluding hydrogens is 445 g/mol. The fraction of sp³-hybridized carbons (Fsp3) is 0.0833. The summed E-state index contributed by atoms with van der Waals surface area (Å²) >= 11 is 0. The van der Waals surface area contributed by atoms with Crippen LogP contribution < -0.4 is 20.1 Å². The molecule has 0 radical (unpaired) electrons. The van der Waals surface area contributed by atoms with Gasteiger partial charge >= 0.3 is 0 Å². The van der Waals surface area contributed by atoms with Gasteiger partial charge < -0.3 is 20.1 Å². The van der Waals surface area contributed by atoms with Crippen molar-refractivity contribution in [2.45, 2.75) is 0 Å². The quantitative estimate of drug-likeness (QED) is 0.293. The molecule has 3 aromatic carbocycles. The first-order chi connectivity index (χ1) is 16.3. The maximum atomic E-state index is 13.2. The van der Waals surface area contributed by atoms with E-state index in [9.17, 15) is 24.1 Å². The number of carbonyl (C=O) groups is 2. The Morgan fingerprint density at radius 2 is 1.59 bits per heavy atom. The SMILES string of the molecule is COc1cc(C=C(NC(=O)c2ccccc2)C(=O)Nc2ccc(F)cc2)c([N+](=O)[O-])cc1OC. The lowest BCUT2D eigenvalue weighted by atomic mass is 10.1. The Morgan fingerprint density at radius 3 is 2.18 bits per heavy atom. The van der Waals surface area contributed by atoms with Crippen LogP contribution in [0.4, 0.5) is 15.8 Å². The zero-order valence-corrected chi connectivity index (χ0v) is 18.2. The van der Waals surface area contributed by atoms with Crippen molar-refractivity contribution in [3.8, 4) is 11.5 Å². The Bertz CT molecular complexity index is 1240. The zero-order valence-electron chi connectivity index (χ0n) is 18.2. The molecule has 9 nitrogen and oxygen atoms in total. The number of nitro benzene ring substituents is 1. The summed E-state index contributed by atoms with van der Waals surface area (Å²) in [4.78, 5) is 36.8. The number of anilines is 1. The molecule has 0 aliphatic carbocycles. The van der Waals surface area contributed by atoms with Crippen molar-refractivity contribution < 1.29 is 28.4 Å². The zero-order chi connectivity index (χ0) is 24.7. The Labute approximate surface area is 194 Å². The van der Waals surface area contributed by atoms with E-state index in [1.165, 1.54) is 32.4 Å². The highest BCUT2D eigenvalue weighted by molar-refractivity contribution is 6.10. The van der Waals surface area contributed by atoms with Crippen LogP contribution in [0.15, 0.2) is 72.4 Å². The van der Waals surface area contributed by atoms with Crippen molar-refractivity contribution in [1.82, 2.24) is 5.32 Å². The summed E-state index contributed by atoms with van der Waals surface area (Å²) in [5, 5.41) is 16.7. The number of nitrogens with one attached hydrogen (secondary N) is 2. The Hall–Kier alpha value is -4.73. The molecule has 2 N–H and O–H groups in total.